The number of carbonyl (C=O) groups is 1. The van der Waals surface area contributed by atoms with E-state index in [0.29, 0.717) is 5.02 Å². The highest BCUT2D eigenvalue weighted by atomic mass is 35.5. The van der Waals surface area contributed by atoms with Crippen molar-refractivity contribution in [2.24, 2.45) is 0 Å². The quantitative estimate of drug-likeness (QED) is 0.819. The van der Waals surface area contributed by atoms with Crippen molar-refractivity contribution < 1.29 is 9.90 Å². The van der Waals surface area contributed by atoms with Crippen LogP contribution in [0.3, 0.4) is 0 Å². The van der Waals surface area contributed by atoms with Gasteiger partial charge in [0.2, 0.25) is 0 Å². The van der Waals surface area contributed by atoms with Crippen molar-refractivity contribution in [3.8, 4) is 5.75 Å². The lowest BCUT2D eigenvalue weighted by Crippen LogP contribution is -2.23. The number of halogens is 1. The summed E-state index contributed by atoms with van der Waals surface area (Å²) in [6.45, 7) is 0. The van der Waals surface area contributed by atoms with E-state index in [1.165, 1.54) is 30.9 Å². The van der Waals surface area contributed by atoms with Crippen LogP contribution in [0.2, 0.25) is 5.02 Å². The first-order valence-electron chi connectivity index (χ1n) is 4.31. The lowest BCUT2D eigenvalue weighted by molar-refractivity contribution is 0.100. The highest BCUT2D eigenvalue weighted by molar-refractivity contribution is 6.31. The molecule has 0 fully saturated rings. The fourth-order valence-corrected chi connectivity index (χ4v) is 1.29. The van der Waals surface area contributed by atoms with Crippen molar-refractivity contribution in [2.75, 3.05) is 5.43 Å². The van der Waals surface area contributed by atoms with Gasteiger partial charge in [-0.05, 0) is 18.2 Å². The highest BCUT2D eigenvalue weighted by Crippen LogP contribution is 2.21. The standard InChI is InChI=1S/C9H7ClN4O2/c10-6-1-2-8(15)7(3-6)9(16)13-14-5-11-4-12-14/h1-5,15H,(H,13,16). The molecular formula is C9H7ClN4O2. The van der Waals surface area contributed by atoms with E-state index in [0.717, 1.165) is 4.79 Å². The minimum atomic E-state index is -0.523. The molecule has 2 rings (SSSR count). The van der Waals surface area contributed by atoms with Gasteiger partial charge >= 0.3 is 0 Å². The zero-order chi connectivity index (χ0) is 11.5. The smallest absolute Gasteiger partial charge is 0.275 e. The summed E-state index contributed by atoms with van der Waals surface area (Å²) >= 11 is 5.72. The van der Waals surface area contributed by atoms with Gasteiger partial charge in [0.25, 0.3) is 5.91 Å². The Morgan fingerprint density at radius 3 is 3.00 bits per heavy atom. The molecule has 0 saturated heterocycles. The topological polar surface area (TPSA) is 80.0 Å². The first-order chi connectivity index (χ1) is 7.66. The van der Waals surface area contributed by atoms with Crippen molar-refractivity contribution in [1.82, 2.24) is 14.9 Å². The van der Waals surface area contributed by atoms with Crippen molar-refractivity contribution in [1.29, 1.82) is 0 Å². The molecule has 0 saturated carbocycles. The van der Waals surface area contributed by atoms with E-state index in [-0.39, 0.29) is 11.3 Å². The van der Waals surface area contributed by atoms with Gasteiger partial charge in [-0.3, -0.25) is 4.79 Å². The zero-order valence-corrected chi connectivity index (χ0v) is 8.72. The van der Waals surface area contributed by atoms with E-state index in [1.807, 2.05) is 0 Å². The van der Waals surface area contributed by atoms with E-state index >= 15 is 0 Å². The Bertz CT molecular complexity index is 512. The Hall–Kier alpha value is -2.08. The van der Waals surface area contributed by atoms with Gasteiger partial charge in [0.1, 0.15) is 18.4 Å². The molecule has 1 heterocycles. The maximum absolute atomic E-state index is 11.7. The molecule has 7 heteroatoms. The monoisotopic (exact) mass is 238 g/mol. The Labute approximate surface area is 95.5 Å². The van der Waals surface area contributed by atoms with Crippen molar-refractivity contribution in [2.45, 2.75) is 0 Å². The van der Waals surface area contributed by atoms with Crippen LogP contribution in [0, 0.1) is 0 Å². The molecule has 0 aliphatic rings. The second-order valence-electron chi connectivity index (χ2n) is 2.94. The van der Waals surface area contributed by atoms with Crippen molar-refractivity contribution in [3.63, 3.8) is 0 Å². The van der Waals surface area contributed by atoms with Gasteiger partial charge in [-0.25, -0.2) is 10.4 Å². The number of phenols is 1. The summed E-state index contributed by atoms with van der Waals surface area (Å²) in [5, 5.41) is 13.5. The van der Waals surface area contributed by atoms with Crippen LogP contribution in [0.5, 0.6) is 5.75 Å². The molecule has 0 aliphatic carbocycles. The lowest BCUT2D eigenvalue weighted by atomic mass is 10.2. The van der Waals surface area contributed by atoms with Gasteiger partial charge in [-0.15, -0.1) is 5.10 Å². The number of rotatable bonds is 2. The summed E-state index contributed by atoms with van der Waals surface area (Å²) < 4.78 is 0. The second-order valence-corrected chi connectivity index (χ2v) is 3.38. The predicted molar refractivity (Wildman–Crippen MR) is 56.8 cm³/mol. The van der Waals surface area contributed by atoms with Crippen LogP contribution in [0.4, 0.5) is 0 Å². The van der Waals surface area contributed by atoms with Crippen LogP contribution in [0.1, 0.15) is 10.4 Å². The largest absolute Gasteiger partial charge is 0.507 e. The number of aromatic hydroxyl groups is 1. The third-order valence-corrected chi connectivity index (χ3v) is 2.07. The molecule has 2 N–H and O–H groups in total. The number of hydrogen-bond donors (Lipinski definition) is 2. The third kappa shape index (κ3) is 2.12. The van der Waals surface area contributed by atoms with E-state index in [1.54, 1.807) is 0 Å². The van der Waals surface area contributed by atoms with Gasteiger partial charge in [0, 0.05) is 5.02 Å². The normalized spacial score (nSPS) is 10.1. The number of nitrogens with zero attached hydrogens (tertiary/aromatic N) is 3. The molecule has 0 spiro atoms. The number of phenolic OH excluding ortho intramolecular Hbond substituents is 1. The Morgan fingerprint density at radius 2 is 2.31 bits per heavy atom. The van der Waals surface area contributed by atoms with Gasteiger partial charge in [-0.2, -0.15) is 4.79 Å². The molecule has 1 amide bonds. The Kier molecular flexibility index (Phi) is 2.74. The maximum atomic E-state index is 11.7. The average molecular weight is 239 g/mol. The fourth-order valence-electron chi connectivity index (χ4n) is 1.12. The molecule has 0 atom stereocenters. The molecule has 1 aromatic heterocycles. The summed E-state index contributed by atoms with van der Waals surface area (Å²) in [6, 6.07) is 4.20. The number of hydrogen-bond acceptors (Lipinski definition) is 4. The zero-order valence-electron chi connectivity index (χ0n) is 7.96. The highest BCUT2D eigenvalue weighted by Gasteiger charge is 2.11. The van der Waals surface area contributed by atoms with Gasteiger partial charge < -0.3 is 5.11 Å². The minimum Gasteiger partial charge on any atom is -0.507 e. The van der Waals surface area contributed by atoms with E-state index in [2.05, 4.69) is 15.5 Å². The number of amides is 1. The molecule has 6 nitrogen and oxygen atoms in total. The van der Waals surface area contributed by atoms with Crippen molar-refractivity contribution in [3.05, 3.63) is 41.4 Å². The van der Waals surface area contributed by atoms with Gasteiger partial charge in [0.15, 0.2) is 0 Å². The minimum absolute atomic E-state index is 0.0722. The van der Waals surface area contributed by atoms with E-state index in [9.17, 15) is 9.90 Å². The van der Waals surface area contributed by atoms with Crippen LogP contribution in [-0.2, 0) is 0 Å². The van der Waals surface area contributed by atoms with Crippen LogP contribution in [0.25, 0.3) is 0 Å². The third-order valence-electron chi connectivity index (χ3n) is 1.84. The fraction of sp³-hybridized carbons (Fsp3) is 0. The Morgan fingerprint density at radius 1 is 1.50 bits per heavy atom. The number of nitrogens with one attached hydrogen (secondary N) is 1. The first kappa shape index (κ1) is 10.4. The average Bonchev–Trinajstić information content (AvgIpc) is 2.74. The molecule has 16 heavy (non-hydrogen) atoms. The summed E-state index contributed by atoms with van der Waals surface area (Å²) in [6.07, 6.45) is 2.59. The maximum Gasteiger partial charge on any atom is 0.275 e. The Balaban J connectivity index is 2.24. The predicted octanol–water partition coefficient (Wildman–Crippen LogP) is 1.02. The van der Waals surface area contributed by atoms with Crippen LogP contribution in [-0.4, -0.2) is 25.9 Å². The van der Waals surface area contributed by atoms with Gasteiger partial charge in [0.05, 0.1) is 5.56 Å². The van der Waals surface area contributed by atoms with Gasteiger partial charge in [-0.1, -0.05) is 11.6 Å². The summed E-state index contributed by atoms with van der Waals surface area (Å²) in [4.78, 5) is 16.5. The molecule has 2 aromatic rings. The van der Waals surface area contributed by atoms with E-state index in [4.69, 9.17) is 11.6 Å². The number of aromatic nitrogens is 3. The van der Waals surface area contributed by atoms with Crippen LogP contribution < -0.4 is 5.43 Å². The second kappa shape index (κ2) is 4.19. The molecule has 1 aromatic carbocycles. The molecule has 0 aliphatic heterocycles. The number of benzene rings is 1. The molecule has 0 unspecified atom stereocenters. The molecular weight excluding hydrogens is 232 g/mol. The number of carbonyl (C=O) groups excluding carboxylic acids is 1. The van der Waals surface area contributed by atoms with Crippen LogP contribution in [0.15, 0.2) is 30.9 Å². The van der Waals surface area contributed by atoms with E-state index < -0.39 is 5.91 Å². The summed E-state index contributed by atoms with van der Waals surface area (Å²) in [5.41, 5.74) is 2.46. The molecule has 0 bridgehead atoms. The first-order valence-corrected chi connectivity index (χ1v) is 4.69. The lowest BCUT2D eigenvalue weighted by Gasteiger charge is -2.05. The van der Waals surface area contributed by atoms with Crippen LogP contribution >= 0.6 is 11.6 Å². The van der Waals surface area contributed by atoms with Crippen molar-refractivity contribution >= 4 is 17.5 Å². The molecule has 82 valence electrons. The SMILES string of the molecule is O=C(Nn1cncn1)c1cc(Cl)ccc1O. The summed E-state index contributed by atoms with van der Waals surface area (Å²) in [5.74, 6) is -0.674. The molecule has 0 radical (unpaired) electrons. The summed E-state index contributed by atoms with van der Waals surface area (Å²) in [7, 11) is 0.